The van der Waals surface area contributed by atoms with Crippen LogP contribution in [0.15, 0.2) is 67.3 Å². The number of anilines is 2. The van der Waals surface area contributed by atoms with Gasteiger partial charge < -0.3 is 24.2 Å². The standard InChI is InChI=1S/C29H32N6O4/c1-19-15-34(18-31-19)24-12-11-22(13-25(24)37-5)32-27-30-14-21-16-35(39-28(36)38-29(2,3)4)17-23(26(21)33-27)20-9-7-6-8-10-20/h6-15,18,23H,16-17H2,1-5H3,(H,30,32,33). The molecule has 3 heterocycles. The summed E-state index contributed by atoms with van der Waals surface area (Å²) in [6, 6.07) is 15.8. The summed E-state index contributed by atoms with van der Waals surface area (Å²) in [7, 11) is 1.64. The van der Waals surface area contributed by atoms with Gasteiger partial charge in [0.25, 0.3) is 0 Å². The van der Waals surface area contributed by atoms with Crippen molar-refractivity contribution >= 4 is 17.8 Å². The Hall–Kier alpha value is -4.44. The van der Waals surface area contributed by atoms with Crippen molar-refractivity contribution in [2.24, 2.45) is 0 Å². The zero-order valence-corrected chi connectivity index (χ0v) is 22.7. The molecular weight excluding hydrogens is 496 g/mol. The largest absolute Gasteiger partial charge is 0.528 e. The lowest BCUT2D eigenvalue weighted by Crippen LogP contribution is -2.38. The van der Waals surface area contributed by atoms with Gasteiger partial charge in [-0.05, 0) is 45.4 Å². The van der Waals surface area contributed by atoms with Crippen molar-refractivity contribution in [2.45, 2.75) is 45.8 Å². The second-order valence-corrected chi connectivity index (χ2v) is 10.4. The Labute approximate surface area is 227 Å². The minimum atomic E-state index is -0.736. The number of ether oxygens (including phenoxy) is 2. The van der Waals surface area contributed by atoms with Crippen LogP contribution in [-0.4, -0.2) is 50.0 Å². The van der Waals surface area contributed by atoms with Gasteiger partial charge in [-0.3, -0.25) is 0 Å². The van der Waals surface area contributed by atoms with Crippen LogP contribution in [-0.2, 0) is 16.1 Å². The van der Waals surface area contributed by atoms with Crippen molar-refractivity contribution in [3.63, 3.8) is 0 Å². The van der Waals surface area contributed by atoms with E-state index in [-0.39, 0.29) is 5.92 Å². The first-order chi connectivity index (χ1) is 18.7. The number of carbonyl (C=O) groups excluding carboxylic acids is 1. The Morgan fingerprint density at radius 3 is 2.59 bits per heavy atom. The van der Waals surface area contributed by atoms with Crippen LogP contribution in [0.5, 0.6) is 5.75 Å². The predicted molar refractivity (Wildman–Crippen MR) is 146 cm³/mol. The monoisotopic (exact) mass is 528 g/mol. The first-order valence-corrected chi connectivity index (χ1v) is 12.7. The minimum Gasteiger partial charge on any atom is -0.494 e. The fraction of sp³-hybridized carbons (Fsp3) is 0.310. The third-order valence-corrected chi connectivity index (χ3v) is 6.18. The number of hydrogen-bond acceptors (Lipinski definition) is 9. The maximum Gasteiger partial charge on any atom is 0.528 e. The summed E-state index contributed by atoms with van der Waals surface area (Å²) in [5.41, 5.74) is 4.74. The molecule has 1 aliphatic heterocycles. The molecule has 1 atom stereocenters. The minimum absolute atomic E-state index is 0.137. The molecule has 1 aliphatic rings. The Kier molecular flexibility index (Phi) is 7.21. The van der Waals surface area contributed by atoms with E-state index in [9.17, 15) is 4.79 Å². The van der Waals surface area contributed by atoms with Crippen molar-refractivity contribution in [3.8, 4) is 11.4 Å². The van der Waals surface area contributed by atoms with Crippen molar-refractivity contribution in [2.75, 3.05) is 19.0 Å². The molecule has 2 aromatic carbocycles. The quantitative estimate of drug-likeness (QED) is 0.323. The van der Waals surface area contributed by atoms with Gasteiger partial charge in [0.15, 0.2) is 0 Å². The molecule has 1 N–H and O–H groups in total. The van der Waals surface area contributed by atoms with Gasteiger partial charge in [0.1, 0.15) is 11.4 Å². The predicted octanol–water partition coefficient (Wildman–Crippen LogP) is 5.54. The van der Waals surface area contributed by atoms with E-state index < -0.39 is 11.8 Å². The van der Waals surface area contributed by atoms with Gasteiger partial charge in [-0.25, -0.2) is 19.7 Å². The molecule has 0 radical (unpaired) electrons. The second-order valence-electron chi connectivity index (χ2n) is 10.4. The molecule has 39 heavy (non-hydrogen) atoms. The third kappa shape index (κ3) is 6.18. The van der Waals surface area contributed by atoms with Gasteiger partial charge in [0, 0.05) is 42.2 Å². The topological polar surface area (TPSA) is 104 Å². The number of carbonyl (C=O) groups is 1. The number of imidazole rings is 1. The van der Waals surface area contributed by atoms with E-state index in [1.807, 2.05) is 66.2 Å². The summed E-state index contributed by atoms with van der Waals surface area (Å²) < 4.78 is 12.9. The van der Waals surface area contributed by atoms with Crippen molar-refractivity contribution in [1.29, 1.82) is 0 Å². The number of hydrogen-bond donors (Lipinski definition) is 1. The van der Waals surface area contributed by atoms with Crippen LogP contribution in [0.1, 0.15) is 49.2 Å². The Bertz CT molecular complexity index is 1460. The maximum absolute atomic E-state index is 12.4. The molecule has 0 aliphatic carbocycles. The zero-order valence-electron chi connectivity index (χ0n) is 22.7. The number of methoxy groups -OCH3 is 1. The van der Waals surface area contributed by atoms with Gasteiger partial charge >= 0.3 is 6.16 Å². The van der Waals surface area contributed by atoms with Crippen LogP contribution in [0.2, 0.25) is 0 Å². The number of rotatable bonds is 6. The Morgan fingerprint density at radius 2 is 1.90 bits per heavy atom. The fourth-order valence-corrected chi connectivity index (χ4v) is 4.49. The van der Waals surface area contributed by atoms with Crippen molar-refractivity contribution in [1.82, 2.24) is 24.6 Å². The average Bonchev–Trinajstić information content (AvgIpc) is 3.33. The molecule has 202 valence electrons. The van der Waals surface area contributed by atoms with Gasteiger partial charge in [-0.15, -0.1) is 5.06 Å². The number of aryl methyl sites for hydroxylation is 1. The van der Waals surface area contributed by atoms with E-state index in [1.165, 1.54) is 0 Å². The smallest absolute Gasteiger partial charge is 0.494 e. The number of hydroxylamine groups is 2. The molecule has 10 nitrogen and oxygen atoms in total. The van der Waals surface area contributed by atoms with Crippen LogP contribution in [0, 0.1) is 6.92 Å². The highest BCUT2D eigenvalue weighted by Crippen LogP contribution is 2.34. The van der Waals surface area contributed by atoms with Gasteiger partial charge in [0.05, 0.1) is 37.1 Å². The van der Waals surface area contributed by atoms with Gasteiger partial charge in [0.2, 0.25) is 5.95 Å². The van der Waals surface area contributed by atoms with E-state index in [4.69, 9.17) is 19.3 Å². The highest BCUT2D eigenvalue weighted by atomic mass is 16.8. The van der Waals surface area contributed by atoms with Gasteiger partial charge in [-0.1, -0.05) is 30.3 Å². The average molecular weight is 529 g/mol. The number of fused-ring (bicyclic) bond motifs is 1. The lowest BCUT2D eigenvalue weighted by molar-refractivity contribution is -0.153. The van der Waals surface area contributed by atoms with Crippen LogP contribution >= 0.6 is 0 Å². The molecule has 0 saturated heterocycles. The highest BCUT2D eigenvalue weighted by molar-refractivity contribution is 5.62. The van der Waals surface area contributed by atoms with Crippen LogP contribution in [0.25, 0.3) is 5.69 Å². The molecule has 10 heteroatoms. The van der Waals surface area contributed by atoms with Crippen LogP contribution in [0.4, 0.5) is 16.4 Å². The number of benzene rings is 2. The second kappa shape index (κ2) is 10.7. The maximum atomic E-state index is 12.4. The molecular formula is C29H32N6O4. The highest BCUT2D eigenvalue weighted by Gasteiger charge is 2.32. The molecule has 5 rings (SSSR count). The number of nitrogens with zero attached hydrogens (tertiary/aromatic N) is 5. The normalized spacial score (nSPS) is 15.4. The molecule has 0 bridgehead atoms. The molecule has 0 spiro atoms. The SMILES string of the molecule is COc1cc(Nc2ncc3c(n2)C(c2ccccc2)CN(OC(=O)OC(C)(C)C)C3)ccc1-n1cnc(C)c1. The summed E-state index contributed by atoms with van der Waals surface area (Å²) in [6.07, 6.45) is 4.73. The first kappa shape index (κ1) is 26.2. The molecule has 1 unspecified atom stereocenters. The van der Waals surface area contributed by atoms with Crippen LogP contribution < -0.4 is 10.1 Å². The van der Waals surface area contributed by atoms with E-state index in [0.29, 0.717) is 24.8 Å². The van der Waals surface area contributed by atoms with E-state index in [1.54, 1.807) is 45.5 Å². The first-order valence-electron chi connectivity index (χ1n) is 12.7. The Morgan fingerprint density at radius 1 is 1.10 bits per heavy atom. The molecule has 0 amide bonds. The van der Waals surface area contributed by atoms with Crippen molar-refractivity contribution < 1.29 is 19.1 Å². The van der Waals surface area contributed by atoms with E-state index >= 15 is 0 Å². The van der Waals surface area contributed by atoms with E-state index in [0.717, 1.165) is 33.9 Å². The zero-order chi connectivity index (χ0) is 27.6. The summed E-state index contributed by atoms with van der Waals surface area (Å²) in [5.74, 6) is 1.01. The molecule has 0 saturated carbocycles. The summed E-state index contributed by atoms with van der Waals surface area (Å²) in [5, 5.41) is 4.91. The lowest BCUT2D eigenvalue weighted by atomic mass is 9.90. The van der Waals surface area contributed by atoms with Crippen molar-refractivity contribution in [3.05, 3.63) is 89.8 Å². The fourth-order valence-electron chi connectivity index (χ4n) is 4.49. The van der Waals surface area contributed by atoms with Gasteiger partial charge in [-0.2, -0.15) is 0 Å². The number of aromatic nitrogens is 4. The number of nitrogens with one attached hydrogen (secondary N) is 1. The van der Waals surface area contributed by atoms with E-state index in [2.05, 4.69) is 15.3 Å². The molecule has 0 fully saturated rings. The third-order valence-electron chi connectivity index (χ3n) is 6.18. The Balaban J connectivity index is 1.41. The summed E-state index contributed by atoms with van der Waals surface area (Å²) >= 11 is 0. The summed E-state index contributed by atoms with van der Waals surface area (Å²) in [4.78, 5) is 31.7. The lowest BCUT2D eigenvalue weighted by Gasteiger charge is -2.33. The van der Waals surface area contributed by atoms with Crippen LogP contribution in [0.3, 0.4) is 0 Å². The summed E-state index contributed by atoms with van der Waals surface area (Å²) in [6.45, 7) is 8.13. The molecule has 4 aromatic rings. The molecule has 2 aromatic heterocycles.